The molecule has 1 heterocycles. The van der Waals surface area contributed by atoms with Crippen LogP contribution in [0.15, 0.2) is 28.7 Å². The molecule has 0 saturated heterocycles. The highest BCUT2D eigenvalue weighted by atomic mass is 79.9. The van der Waals surface area contributed by atoms with Crippen molar-refractivity contribution in [2.75, 3.05) is 12.8 Å². The molecule has 2 rings (SSSR count). The van der Waals surface area contributed by atoms with Gasteiger partial charge in [-0.25, -0.2) is 9.97 Å². The quantitative estimate of drug-likeness (QED) is 0.947. The Morgan fingerprint density at radius 2 is 2.11 bits per heavy atom. The summed E-state index contributed by atoms with van der Waals surface area (Å²) in [4.78, 5) is 8.76. The van der Waals surface area contributed by atoms with Gasteiger partial charge in [0.1, 0.15) is 5.82 Å². The van der Waals surface area contributed by atoms with Gasteiger partial charge in [0.25, 0.3) is 0 Å². The number of anilines is 1. The molecule has 0 radical (unpaired) electrons. The average molecular weight is 308 g/mol. The topological polar surface area (TPSA) is 61.0 Å². The third-order valence-electron chi connectivity index (χ3n) is 2.50. The van der Waals surface area contributed by atoms with Gasteiger partial charge in [-0.2, -0.15) is 0 Å². The molecule has 0 atom stereocenters. The molecule has 5 heteroatoms. The van der Waals surface area contributed by atoms with Gasteiger partial charge in [0.15, 0.2) is 5.82 Å². The Morgan fingerprint density at radius 3 is 2.78 bits per heavy atom. The van der Waals surface area contributed by atoms with Crippen molar-refractivity contribution in [2.24, 2.45) is 0 Å². The van der Waals surface area contributed by atoms with E-state index in [9.17, 15) is 0 Å². The van der Waals surface area contributed by atoms with Crippen molar-refractivity contribution in [3.8, 4) is 11.4 Å². The summed E-state index contributed by atoms with van der Waals surface area (Å²) in [5.41, 5.74) is 8.73. The predicted octanol–water partition coefficient (Wildman–Crippen LogP) is 2.94. The molecular formula is C13H14BrN3O. The first-order valence-corrected chi connectivity index (χ1v) is 6.29. The highest BCUT2D eigenvalue weighted by Gasteiger charge is 2.11. The van der Waals surface area contributed by atoms with Gasteiger partial charge in [0.2, 0.25) is 0 Å². The molecule has 18 heavy (non-hydrogen) atoms. The number of aromatic nitrogens is 2. The second-order valence-corrected chi connectivity index (χ2v) is 4.79. The summed E-state index contributed by atoms with van der Waals surface area (Å²) in [7, 11) is 1.62. The van der Waals surface area contributed by atoms with Crippen LogP contribution in [-0.4, -0.2) is 17.1 Å². The van der Waals surface area contributed by atoms with E-state index in [-0.39, 0.29) is 0 Å². The van der Waals surface area contributed by atoms with Gasteiger partial charge in [-0.15, -0.1) is 0 Å². The summed E-state index contributed by atoms with van der Waals surface area (Å²) in [6, 6.07) is 8.00. The molecule has 2 N–H and O–H groups in total. The molecule has 0 aliphatic carbocycles. The lowest BCUT2D eigenvalue weighted by atomic mass is 10.1. The monoisotopic (exact) mass is 307 g/mol. The Labute approximate surface area is 114 Å². The Balaban J connectivity index is 2.51. The largest absolute Gasteiger partial charge is 0.383 e. The van der Waals surface area contributed by atoms with Crippen LogP contribution < -0.4 is 5.73 Å². The van der Waals surface area contributed by atoms with Gasteiger partial charge < -0.3 is 10.5 Å². The first kappa shape index (κ1) is 13.0. The number of nitrogens with two attached hydrogens (primary N) is 1. The summed E-state index contributed by atoms with van der Waals surface area (Å²) in [6.45, 7) is 2.42. The SMILES string of the molecule is COCc1nc(-c2cccc(C)c2)nc(N)c1Br. The summed E-state index contributed by atoms with van der Waals surface area (Å²) < 4.78 is 5.80. The maximum absolute atomic E-state index is 5.87. The molecular weight excluding hydrogens is 294 g/mol. The molecule has 0 amide bonds. The number of benzene rings is 1. The van der Waals surface area contributed by atoms with Crippen LogP contribution in [0.5, 0.6) is 0 Å². The van der Waals surface area contributed by atoms with Gasteiger partial charge >= 0.3 is 0 Å². The number of halogens is 1. The Hall–Kier alpha value is -1.46. The van der Waals surface area contributed by atoms with E-state index in [4.69, 9.17) is 10.5 Å². The molecule has 94 valence electrons. The molecule has 0 aliphatic rings. The van der Waals surface area contributed by atoms with Crippen molar-refractivity contribution in [1.29, 1.82) is 0 Å². The number of hydrogen-bond acceptors (Lipinski definition) is 4. The molecule has 0 unspecified atom stereocenters. The number of rotatable bonds is 3. The summed E-state index contributed by atoms with van der Waals surface area (Å²) in [6.07, 6.45) is 0. The van der Waals surface area contributed by atoms with Gasteiger partial charge in [0.05, 0.1) is 16.8 Å². The Morgan fingerprint density at radius 1 is 1.33 bits per heavy atom. The van der Waals surface area contributed by atoms with Gasteiger partial charge in [-0.1, -0.05) is 23.8 Å². The molecule has 2 aromatic rings. The number of hydrogen-bond donors (Lipinski definition) is 1. The predicted molar refractivity (Wildman–Crippen MR) is 75.0 cm³/mol. The van der Waals surface area contributed by atoms with E-state index in [2.05, 4.69) is 25.9 Å². The summed E-state index contributed by atoms with van der Waals surface area (Å²) >= 11 is 3.37. The molecule has 0 bridgehead atoms. The van der Waals surface area contributed by atoms with E-state index in [0.717, 1.165) is 16.8 Å². The van der Waals surface area contributed by atoms with Crippen molar-refractivity contribution >= 4 is 21.7 Å². The van der Waals surface area contributed by atoms with Crippen LogP contribution >= 0.6 is 15.9 Å². The Bertz CT molecular complexity index is 572. The lowest BCUT2D eigenvalue weighted by molar-refractivity contribution is 0.181. The molecule has 4 nitrogen and oxygen atoms in total. The molecule has 0 saturated carbocycles. The molecule has 1 aromatic heterocycles. The molecule has 0 aliphatic heterocycles. The first-order valence-electron chi connectivity index (χ1n) is 5.49. The summed E-state index contributed by atoms with van der Waals surface area (Å²) in [5.74, 6) is 1.04. The van der Waals surface area contributed by atoms with E-state index in [1.807, 2.05) is 31.2 Å². The zero-order chi connectivity index (χ0) is 13.1. The van der Waals surface area contributed by atoms with Crippen molar-refractivity contribution in [3.05, 3.63) is 40.0 Å². The van der Waals surface area contributed by atoms with Crippen LogP contribution in [0.4, 0.5) is 5.82 Å². The van der Waals surface area contributed by atoms with E-state index < -0.39 is 0 Å². The van der Waals surface area contributed by atoms with Crippen molar-refractivity contribution < 1.29 is 4.74 Å². The minimum Gasteiger partial charge on any atom is -0.383 e. The third-order valence-corrected chi connectivity index (χ3v) is 3.37. The minimum atomic E-state index is 0.395. The fourth-order valence-electron chi connectivity index (χ4n) is 1.66. The van der Waals surface area contributed by atoms with E-state index in [1.165, 1.54) is 0 Å². The lowest BCUT2D eigenvalue weighted by Gasteiger charge is -2.08. The molecule has 0 spiro atoms. The van der Waals surface area contributed by atoms with E-state index >= 15 is 0 Å². The lowest BCUT2D eigenvalue weighted by Crippen LogP contribution is -2.03. The van der Waals surface area contributed by atoms with Crippen LogP contribution in [0.3, 0.4) is 0 Å². The number of nitrogen functional groups attached to an aromatic ring is 1. The zero-order valence-electron chi connectivity index (χ0n) is 10.3. The molecule has 0 fully saturated rings. The first-order chi connectivity index (χ1) is 8.61. The second-order valence-electron chi connectivity index (χ2n) is 4.00. The maximum atomic E-state index is 5.87. The van der Waals surface area contributed by atoms with Crippen molar-refractivity contribution in [2.45, 2.75) is 13.5 Å². The number of ether oxygens (including phenoxy) is 1. The second kappa shape index (κ2) is 5.46. The normalized spacial score (nSPS) is 10.6. The third kappa shape index (κ3) is 2.68. The fraction of sp³-hybridized carbons (Fsp3) is 0.231. The highest BCUT2D eigenvalue weighted by molar-refractivity contribution is 9.10. The maximum Gasteiger partial charge on any atom is 0.161 e. The zero-order valence-corrected chi connectivity index (χ0v) is 11.9. The van der Waals surface area contributed by atoms with Crippen molar-refractivity contribution in [3.63, 3.8) is 0 Å². The van der Waals surface area contributed by atoms with Gasteiger partial charge in [0, 0.05) is 12.7 Å². The highest BCUT2D eigenvalue weighted by Crippen LogP contribution is 2.25. The average Bonchev–Trinajstić information content (AvgIpc) is 2.35. The van der Waals surface area contributed by atoms with Crippen LogP contribution in [0, 0.1) is 6.92 Å². The smallest absolute Gasteiger partial charge is 0.161 e. The van der Waals surface area contributed by atoms with Crippen LogP contribution in [0.25, 0.3) is 11.4 Å². The number of methoxy groups -OCH3 is 1. The van der Waals surface area contributed by atoms with Crippen LogP contribution in [0.1, 0.15) is 11.3 Å². The summed E-state index contributed by atoms with van der Waals surface area (Å²) in [5, 5.41) is 0. The van der Waals surface area contributed by atoms with E-state index in [0.29, 0.717) is 22.7 Å². The minimum absolute atomic E-state index is 0.395. The van der Waals surface area contributed by atoms with Gasteiger partial charge in [-0.05, 0) is 28.9 Å². The Kier molecular flexibility index (Phi) is 3.93. The fourth-order valence-corrected chi connectivity index (χ4v) is 1.95. The number of aryl methyl sites for hydroxylation is 1. The van der Waals surface area contributed by atoms with E-state index in [1.54, 1.807) is 7.11 Å². The van der Waals surface area contributed by atoms with Crippen LogP contribution in [-0.2, 0) is 11.3 Å². The molecule has 1 aromatic carbocycles. The standard InChI is InChI=1S/C13H14BrN3O/c1-8-4-3-5-9(6-8)13-16-10(7-18-2)11(14)12(15)17-13/h3-6H,7H2,1-2H3,(H2,15,16,17). The van der Waals surface area contributed by atoms with Crippen LogP contribution in [0.2, 0.25) is 0 Å². The van der Waals surface area contributed by atoms with Crippen molar-refractivity contribution in [1.82, 2.24) is 9.97 Å². The number of nitrogens with zero attached hydrogens (tertiary/aromatic N) is 2. The van der Waals surface area contributed by atoms with Gasteiger partial charge in [-0.3, -0.25) is 0 Å².